The van der Waals surface area contributed by atoms with E-state index < -0.39 is 8.07 Å². The van der Waals surface area contributed by atoms with Crippen molar-refractivity contribution >= 4 is 101 Å². The van der Waals surface area contributed by atoms with Crippen molar-refractivity contribution in [3.63, 3.8) is 0 Å². The van der Waals surface area contributed by atoms with Gasteiger partial charge in [0, 0.05) is 55.4 Å². The van der Waals surface area contributed by atoms with Gasteiger partial charge in [0.15, 0.2) is 8.07 Å². The van der Waals surface area contributed by atoms with Gasteiger partial charge in [-0.15, -0.1) is 0 Å². The van der Waals surface area contributed by atoms with Gasteiger partial charge in [0.2, 0.25) is 0 Å². The lowest BCUT2D eigenvalue weighted by molar-refractivity contribution is 0.669. The monoisotopic (exact) mass is 758 g/mol. The molecule has 58 heavy (non-hydrogen) atoms. The summed E-state index contributed by atoms with van der Waals surface area (Å²) < 4.78 is 8.94. The summed E-state index contributed by atoms with van der Waals surface area (Å²) in [6.45, 7) is 0. The van der Waals surface area contributed by atoms with Crippen molar-refractivity contribution < 1.29 is 4.42 Å². The van der Waals surface area contributed by atoms with Gasteiger partial charge in [0.25, 0.3) is 0 Å². The van der Waals surface area contributed by atoms with Crippen molar-refractivity contribution in [3.8, 4) is 0 Å². The molecule has 1 aliphatic carbocycles. The Labute approximate surface area is 337 Å². The number of fused-ring (bicyclic) bond motifs is 9. The highest BCUT2D eigenvalue weighted by molar-refractivity contribution is 7.16. The summed E-state index contributed by atoms with van der Waals surface area (Å²) >= 11 is 0. The van der Waals surface area contributed by atoms with Crippen LogP contribution in [-0.4, -0.2) is 12.5 Å². The van der Waals surface area contributed by atoms with Gasteiger partial charge in [-0.05, 0) is 83.0 Å². The Morgan fingerprint density at radius 3 is 1.79 bits per heavy atom. The minimum Gasteiger partial charge on any atom is -0.456 e. The second-order valence-electron chi connectivity index (χ2n) is 15.6. The van der Waals surface area contributed by atoms with Crippen LogP contribution in [0.4, 0.5) is 17.1 Å². The molecule has 4 heteroatoms. The largest absolute Gasteiger partial charge is 0.456 e. The Kier molecular flexibility index (Phi) is 7.38. The van der Waals surface area contributed by atoms with Crippen molar-refractivity contribution in [1.29, 1.82) is 0 Å². The number of benzene rings is 8. The maximum atomic E-state index is 6.49. The minimum atomic E-state index is -2.61. The summed E-state index contributed by atoms with van der Waals surface area (Å²) in [4.78, 5) is 2.40. The maximum absolute atomic E-state index is 6.49. The van der Waals surface area contributed by atoms with Crippen LogP contribution in [0.15, 0.2) is 216 Å². The Morgan fingerprint density at radius 1 is 0.448 bits per heavy atom. The van der Waals surface area contributed by atoms with E-state index in [9.17, 15) is 0 Å². The quantitative estimate of drug-likeness (QED) is 0.119. The van der Waals surface area contributed by atoms with E-state index >= 15 is 0 Å². The van der Waals surface area contributed by atoms with E-state index in [1.54, 1.807) is 0 Å². The standard InChI is InChI=1S/C54H38N2OSi/c1-4-15-40(16-5-1)58(41-17-6-2-7-18-41,42-19-8-3-9-20-42)43-31-27-37(28-32-43)55(39-29-33-46-45-22-11-13-26-52(45)57-53(46)36-39)38-30-34-51-49(35-38)48-24-14-23-47-44-21-10-12-25-50(44)56(51)54(47)48/h1-8,10-19,21-36H,9,20H2. The van der Waals surface area contributed by atoms with Crippen LogP contribution in [0.5, 0.6) is 0 Å². The summed E-state index contributed by atoms with van der Waals surface area (Å²) in [6, 6.07) is 69.5. The zero-order valence-electron chi connectivity index (χ0n) is 31.8. The predicted molar refractivity (Wildman–Crippen MR) is 247 cm³/mol. The topological polar surface area (TPSA) is 20.8 Å². The van der Waals surface area contributed by atoms with Gasteiger partial charge in [-0.2, -0.15) is 0 Å². The van der Waals surface area contributed by atoms with Gasteiger partial charge < -0.3 is 13.7 Å². The molecule has 1 aliphatic rings. The molecule has 0 radical (unpaired) electrons. The molecule has 274 valence electrons. The maximum Gasteiger partial charge on any atom is 0.175 e. The van der Waals surface area contributed by atoms with Crippen LogP contribution in [0.25, 0.3) is 60.0 Å². The van der Waals surface area contributed by atoms with Crippen LogP contribution in [0, 0.1) is 0 Å². The average Bonchev–Trinajstić information content (AvgIpc) is 3.95. The molecule has 0 spiro atoms. The van der Waals surface area contributed by atoms with Crippen molar-refractivity contribution in [2.45, 2.75) is 12.8 Å². The van der Waals surface area contributed by atoms with E-state index in [-0.39, 0.29) is 0 Å². The number of furan rings is 1. The molecule has 0 bridgehead atoms. The molecule has 0 amide bonds. The van der Waals surface area contributed by atoms with Gasteiger partial charge in [-0.25, -0.2) is 0 Å². The van der Waals surface area contributed by atoms with Crippen LogP contribution in [0.1, 0.15) is 12.8 Å². The third-order valence-corrected chi connectivity index (χ3v) is 17.5. The molecule has 0 aliphatic heterocycles. The highest BCUT2D eigenvalue weighted by atomic mass is 28.3. The summed E-state index contributed by atoms with van der Waals surface area (Å²) in [5.41, 5.74) is 8.78. The zero-order chi connectivity index (χ0) is 38.2. The van der Waals surface area contributed by atoms with Gasteiger partial charge in [-0.3, -0.25) is 0 Å². The van der Waals surface area contributed by atoms with Crippen LogP contribution in [0.3, 0.4) is 0 Å². The van der Waals surface area contributed by atoms with Gasteiger partial charge in [0.05, 0.1) is 16.6 Å². The first-order valence-electron chi connectivity index (χ1n) is 20.2. The third kappa shape index (κ3) is 4.79. The average molecular weight is 759 g/mol. The normalized spacial score (nSPS) is 13.4. The molecule has 11 aromatic rings. The zero-order valence-corrected chi connectivity index (χ0v) is 32.8. The first-order valence-corrected chi connectivity index (χ1v) is 22.2. The summed E-state index contributed by atoms with van der Waals surface area (Å²) in [5, 5.41) is 13.1. The van der Waals surface area contributed by atoms with Crippen molar-refractivity contribution in [2.75, 3.05) is 4.90 Å². The number of rotatable bonds is 7. The van der Waals surface area contributed by atoms with Gasteiger partial charge in [0.1, 0.15) is 11.2 Å². The number of anilines is 3. The fourth-order valence-electron chi connectivity index (χ4n) is 10.1. The van der Waals surface area contributed by atoms with E-state index in [1.807, 2.05) is 6.07 Å². The van der Waals surface area contributed by atoms with E-state index in [0.717, 1.165) is 51.8 Å². The Balaban J connectivity index is 1.08. The molecule has 0 atom stereocenters. The lowest BCUT2D eigenvalue weighted by atomic mass is 10.1. The first-order chi connectivity index (χ1) is 28.8. The van der Waals surface area contributed by atoms with E-state index in [4.69, 9.17) is 4.42 Å². The Hall–Kier alpha value is -7.14. The third-order valence-electron chi connectivity index (χ3n) is 12.6. The minimum absolute atomic E-state index is 0.880. The molecule has 8 aromatic carbocycles. The smallest absolute Gasteiger partial charge is 0.175 e. The summed E-state index contributed by atoms with van der Waals surface area (Å²) in [7, 11) is -2.61. The van der Waals surface area contributed by atoms with E-state index in [1.165, 1.54) is 58.9 Å². The number of hydrogen-bond donors (Lipinski definition) is 0. The summed E-state index contributed by atoms with van der Waals surface area (Å²) in [5.74, 6) is 0. The van der Waals surface area contributed by atoms with Crippen LogP contribution in [0.2, 0.25) is 0 Å². The highest BCUT2D eigenvalue weighted by Gasteiger charge is 2.42. The highest BCUT2D eigenvalue weighted by Crippen LogP contribution is 2.43. The molecule has 0 saturated heterocycles. The lowest BCUT2D eigenvalue weighted by Crippen LogP contribution is -2.68. The molecule has 3 aromatic heterocycles. The molecule has 0 fully saturated rings. The lowest BCUT2D eigenvalue weighted by Gasteiger charge is -2.37. The molecule has 0 saturated carbocycles. The first kappa shape index (κ1) is 33.0. The van der Waals surface area contributed by atoms with E-state index in [0.29, 0.717) is 0 Å². The second-order valence-corrected chi connectivity index (χ2v) is 19.4. The fraction of sp³-hybridized carbons (Fsp3) is 0.0370. The Morgan fingerprint density at radius 2 is 1.03 bits per heavy atom. The number of nitrogens with zero attached hydrogens (tertiary/aromatic N) is 2. The molecule has 0 N–H and O–H groups in total. The molecule has 0 unspecified atom stereocenters. The van der Waals surface area contributed by atoms with Crippen LogP contribution >= 0.6 is 0 Å². The van der Waals surface area contributed by atoms with Crippen molar-refractivity contribution in [1.82, 2.24) is 4.40 Å². The van der Waals surface area contributed by atoms with Gasteiger partial charge >= 0.3 is 0 Å². The van der Waals surface area contributed by atoms with Crippen molar-refractivity contribution in [2.24, 2.45) is 0 Å². The molecule has 3 nitrogen and oxygen atoms in total. The second kappa shape index (κ2) is 13.0. The van der Waals surface area contributed by atoms with Crippen LogP contribution in [-0.2, 0) is 0 Å². The van der Waals surface area contributed by atoms with E-state index in [2.05, 4.69) is 210 Å². The fourth-order valence-corrected chi connectivity index (χ4v) is 15.1. The number of aromatic nitrogens is 1. The molecular weight excluding hydrogens is 721 g/mol. The number of para-hydroxylation sites is 3. The molecule has 12 rings (SSSR count). The van der Waals surface area contributed by atoms with Crippen molar-refractivity contribution in [3.05, 3.63) is 211 Å². The summed E-state index contributed by atoms with van der Waals surface area (Å²) in [6.07, 6.45) is 9.09. The number of allylic oxidation sites excluding steroid dienone is 4. The molecule has 3 heterocycles. The van der Waals surface area contributed by atoms with Crippen LogP contribution < -0.4 is 20.5 Å². The SMILES string of the molecule is C1=CCCC([Si](c2ccccc2)(c2ccccc2)c2ccc(N(c3ccc4c(c3)oc3ccccc34)c3ccc4c(c3)c3cccc5c6ccccc6n4c53)cc2)=C1. The Bertz CT molecular complexity index is 3350. The predicted octanol–water partition coefficient (Wildman–Crippen LogP) is 12.5. The molecular formula is C54H38N2OSi. The number of hydrogen-bond acceptors (Lipinski definition) is 2. The van der Waals surface area contributed by atoms with Gasteiger partial charge in [-0.1, -0.05) is 151 Å².